The Kier molecular flexibility index (Phi) is 40.6. The molecule has 0 aromatic heterocycles. The van der Waals surface area contributed by atoms with E-state index in [1.54, 1.807) is 22.3 Å². The van der Waals surface area contributed by atoms with Gasteiger partial charge in [0.1, 0.15) is 0 Å². The fourth-order valence-electron chi connectivity index (χ4n) is 9.10. The zero-order valence-electron chi connectivity index (χ0n) is 38.3. The molecule has 0 radical (unpaired) electrons. The standard InChI is InChI=1S/C26H30.C6H6.C5H6.2C3H8.5C2H6.3CH4/c1-14-13-20-23(15(14)2)25-24(20)19-10-6-8-12-22(19)26(25)17(4)16(3)18-9-5-7-11-21(18)26;1-2-4-6-5-3-1;1-2-4-5-3-1;2*1-3-2;5*1-2;;;/h5-12,14-17,20,23-25H,13H2,1-4H3;1-6H;1-4H,5H2;2*3H2,1-2H3;5*1-2H3;3*1H4/t14-,15-,16-,17+,20+,23?,24?,25-,26?;;;;;;;;;;;;/m0............/s1. The highest BCUT2D eigenvalue weighted by Crippen LogP contribution is 2.77. The molecule has 2 fully saturated rings. The van der Waals surface area contributed by atoms with Gasteiger partial charge in [-0.1, -0.05) is 269 Å². The van der Waals surface area contributed by atoms with Gasteiger partial charge in [-0.25, -0.2) is 0 Å². The molecule has 2 saturated carbocycles. The van der Waals surface area contributed by atoms with E-state index in [1.807, 2.05) is 106 Å². The Balaban J connectivity index is -0.000000241. The minimum atomic E-state index is 0. The van der Waals surface area contributed by atoms with E-state index in [0.29, 0.717) is 11.8 Å². The second-order valence-electron chi connectivity index (χ2n) is 13.6. The third-order valence-corrected chi connectivity index (χ3v) is 10.9. The van der Waals surface area contributed by atoms with Gasteiger partial charge in [-0.3, -0.25) is 0 Å². The van der Waals surface area contributed by atoms with Crippen molar-refractivity contribution < 1.29 is 0 Å². The van der Waals surface area contributed by atoms with E-state index in [2.05, 4.69) is 128 Å². The molecule has 0 N–H and O–H groups in total. The summed E-state index contributed by atoms with van der Waals surface area (Å²) in [5, 5.41) is 0. The number of benzene rings is 3. The summed E-state index contributed by atoms with van der Waals surface area (Å²) in [7, 11) is 0. The van der Waals surface area contributed by atoms with E-state index in [9.17, 15) is 0 Å². The second-order valence-corrected chi connectivity index (χ2v) is 13.6. The Hall–Kier alpha value is -2.86. The van der Waals surface area contributed by atoms with E-state index in [4.69, 9.17) is 0 Å². The van der Waals surface area contributed by atoms with Crippen molar-refractivity contribution in [2.45, 2.75) is 190 Å². The van der Waals surface area contributed by atoms with Gasteiger partial charge in [-0.05, 0) is 82.4 Å². The molecule has 0 amide bonds. The van der Waals surface area contributed by atoms with Gasteiger partial charge in [-0.2, -0.15) is 0 Å². The zero-order chi connectivity index (χ0) is 41.0. The molecule has 5 aliphatic carbocycles. The van der Waals surface area contributed by atoms with Gasteiger partial charge in [0, 0.05) is 5.41 Å². The molecule has 324 valence electrons. The predicted octanol–water partition coefficient (Wildman–Crippen LogP) is 19.4. The van der Waals surface area contributed by atoms with Crippen molar-refractivity contribution in [3.63, 3.8) is 0 Å². The number of hydrogen-bond acceptors (Lipinski definition) is 0. The lowest BCUT2D eigenvalue weighted by Crippen LogP contribution is -2.52. The van der Waals surface area contributed by atoms with Gasteiger partial charge in [0.2, 0.25) is 0 Å². The third-order valence-electron chi connectivity index (χ3n) is 10.9. The average Bonchev–Trinajstić information content (AvgIpc) is 3.99. The normalized spacial score (nSPS) is 25.5. The van der Waals surface area contributed by atoms with Crippen LogP contribution in [0.25, 0.3) is 0 Å². The van der Waals surface area contributed by atoms with E-state index in [-0.39, 0.29) is 27.7 Å². The van der Waals surface area contributed by atoms with Crippen LogP contribution in [0.3, 0.4) is 0 Å². The highest BCUT2D eigenvalue weighted by Gasteiger charge is 2.71. The Morgan fingerprint density at radius 1 is 0.518 bits per heavy atom. The van der Waals surface area contributed by atoms with Crippen LogP contribution in [0, 0.1) is 35.5 Å². The summed E-state index contributed by atoms with van der Waals surface area (Å²) in [5.41, 5.74) is 6.95. The van der Waals surface area contributed by atoms with E-state index >= 15 is 0 Å². The summed E-state index contributed by atoms with van der Waals surface area (Å²) in [6.45, 7) is 38.6. The first-order valence-corrected chi connectivity index (χ1v) is 22.4. The summed E-state index contributed by atoms with van der Waals surface area (Å²) in [5.74, 6) is 6.61. The lowest BCUT2D eigenvalue weighted by molar-refractivity contribution is -0.0111. The molecule has 0 bridgehead atoms. The molecule has 0 heteroatoms. The van der Waals surface area contributed by atoms with Crippen LogP contribution in [0.1, 0.15) is 207 Å². The van der Waals surface area contributed by atoms with Gasteiger partial charge >= 0.3 is 0 Å². The number of allylic oxidation sites excluding steroid dienone is 4. The molecule has 5 aliphatic rings. The van der Waals surface area contributed by atoms with Crippen molar-refractivity contribution in [1.29, 1.82) is 0 Å². The van der Waals surface area contributed by atoms with Crippen LogP contribution in [0.15, 0.2) is 109 Å². The second kappa shape index (κ2) is 36.5. The molecular weight excluding hydrogens is 673 g/mol. The van der Waals surface area contributed by atoms with Crippen molar-refractivity contribution in [1.82, 2.24) is 0 Å². The molecule has 0 heterocycles. The summed E-state index contributed by atoms with van der Waals surface area (Å²) >= 11 is 0. The lowest BCUT2D eigenvalue weighted by Gasteiger charge is -2.55. The van der Waals surface area contributed by atoms with Crippen LogP contribution < -0.4 is 0 Å². The summed E-state index contributed by atoms with van der Waals surface area (Å²) in [6, 6.07) is 31.0. The van der Waals surface area contributed by atoms with Crippen LogP contribution in [-0.4, -0.2) is 0 Å². The SMILES string of the molecule is C.C.C.C1=CCC=C1.CC.CC.CC.CC.CC.CCC.CCC.C[C@@H]1c2ccccc2C2(c3ccccc3C3[C@@H]4C[C@H](C)[C@H](C)C4[C@@H]32)[C@@H]1C.c1ccccc1. The van der Waals surface area contributed by atoms with Gasteiger partial charge in [-0.15, -0.1) is 0 Å². The summed E-state index contributed by atoms with van der Waals surface area (Å²) in [4.78, 5) is 0. The summed E-state index contributed by atoms with van der Waals surface area (Å²) in [6.07, 6.45) is 13.4. The highest BCUT2D eigenvalue weighted by atomic mass is 14.7. The molecule has 0 saturated heterocycles. The Morgan fingerprint density at radius 2 is 0.875 bits per heavy atom. The Morgan fingerprint density at radius 3 is 1.25 bits per heavy atom. The fraction of sp³-hybridized carbons (Fsp3) is 0.607. The molecule has 1 spiro atoms. The molecule has 3 aromatic rings. The maximum absolute atomic E-state index is 2.56. The molecule has 0 aliphatic heterocycles. The largest absolute Gasteiger partial charge is 0.0808 e. The Labute approximate surface area is 355 Å². The number of rotatable bonds is 0. The highest BCUT2D eigenvalue weighted by molar-refractivity contribution is 5.61. The third kappa shape index (κ3) is 14.5. The first kappa shape index (κ1) is 62.3. The zero-order valence-corrected chi connectivity index (χ0v) is 38.3. The quantitative estimate of drug-likeness (QED) is 0.213. The first-order chi connectivity index (χ1) is 25.9. The first-order valence-electron chi connectivity index (χ1n) is 22.4. The minimum absolute atomic E-state index is 0. The smallest absolute Gasteiger partial charge is 0.0276 e. The lowest BCUT2D eigenvalue weighted by atomic mass is 9.48. The topological polar surface area (TPSA) is 0 Å². The fourth-order valence-corrected chi connectivity index (χ4v) is 9.10. The summed E-state index contributed by atoms with van der Waals surface area (Å²) < 4.78 is 0. The van der Waals surface area contributed by atoms with Crippen LogP contribution in [0.2, 0.25) is 0 Å². The van der Waals surface area contributed by atoms with Crippen LogP contribution in [0.4, 0.5) is 0 Å². The van der Waals surface area contributed by atoms with Crippen LogP contribution in [0.5, 0.6) is 0 Å². The molecule has 56 heavy (non-hydrogen) atoms. The van der Waals surface area contributed by atoms with Gasteiger partial charge in [0.25, 0.3) is 0 Å². The van der Waals surface area contributed by atoms with Crippen molar-refractivity contribution in [3.05, 3.63) is 131 Å². The van der Waals surface area contributed by atoms with Gasteiger partial charge in [0.15, 0.2) is 0 Å². The monoisotopic (exact) mass is 773 g/mol. The minimum Gasteiger partial charge on any atom is -0.0808 e. The van der Waals surface area contributed by atoms with E-state index < -0.39 is 0 Å². The van der Waals surface area contributed by atoms with Crippen molar-refractivity contribution in [3.8, 4) is 0 Å². The van der Waals surface area contributed by atoms with Crippen LogP contribution in [-0.2, 0) is 5.41 Å². The van der Waals surface area contributed by atoms with Crippen molar-refractivity contribution in [2.75, 3.05) is 0 Å². The molecule has 3 unspecified atom stereocenters. The maximum atomic E-state index is 2.56. The maximum Gasteiger partial charge on any atom is 0.0276 e. The molecule has 3 aromatic carbocycles. The van der Waals surface area contributed by atoms with Gasteiger partial charge < -0.3 is 0 Å². The molecular formula is C56H100. The average molecular weight is 773 g/mol. The number of fused-ring (bicyclic) bond motifs is 10. The molecule has 0 nitrogen and oxygen atoms in total. The van der Waals surface area contributed by atoms with Crippen molar-refractivity contribution in [2.24, 2.45) is 35.5 Å². The van der Waals surface area contributed by atoms with E-state index in [0.717, 1.165) is 41.9 Å². The van der Waals surface area contributed by atoms with E-state index in [1.165, 1.54) is 19.3 Å². The Bertz CT molecular complexity index is 1280. The van der Waals surface area contributed by atoms with Gasteiger partial charge in [0.05, 0.1) is 0 Å². The molecule has 8 rings (SSSR count). The molecule has 9 atom stereocenters. The van der Waals surface area contributed by atoms with Crippen molar-refractivity contribution >= 4 is 0 Å². The van der Waals surface area contributed by atoms with Crippen LogP contribution >= 0.6 is 0 Å². The predicted molar refractivity (Wildman–Crippen MR) is 266 cm³/mol. The number of hydrogen-bond donors (Lipinski definition) is 0.